The minimum Gasteiger partial charge on any atom is -0.368 e. The van der Waals surface area contributed by atoms with Gasteiger partial charge < -0.3 is 9.80 Å². The average Bonchev–Trinajstić information content (AvgIpc) is 3.10. The predicted molar refractivity (Wildman–Crippen MR) is 104 cm³/mol. The second-order valence-corrected chi connectivity index (χ2v) is 6.84. The standard InChI is InChI=1S/C20H24N6/c1-15-4-5-16(2)18(12-15)24-8-10-25(11-9-24)19-13-20(23-14-22-19)26-7-6-21-17(26)3/h4-7,12-14H,8-11H2,1-3H3. The summed E-state index contributed by atoms with van der Waals surface area (Å²) in [4.78, 5) is 18.0. The molecule has 1 saturated heterocycles. The van der Waals surface area contributed by atoms with E-state index in [9.17, 15) is 0 Å². The van der Waals surface area contributed by atoms with Gasteiger partial charge in [-0.15, -0.1) is 0 Å². The second kappa shape index (κ2) is 6.78. The Hall–Kier alpha value is -2.89. The summed E-state index contributed by atoms with van der Waals surface area (Å²) in [6.45, 7) is 10.2. The molecular weight excluding hydrogens is 324 g/mol. The maximum Gasteiger partial charge on any atom is 0.143 e. The van der Waals surface area contributed by atoms with Crippen molar-refractivity contribution in [2.75, 3.05) is 36.0 Å². The first-order valence-electron chi connectivity index (χ1n) is 9.01. The zero-order valence-electron chi connectivity index (χ0n) is 15.6. The number of anilines is 2. The Labute approximate surface area is 154 Å². The maximum absolute atomic E-state index is 4.49. The van der Waals surface area contributed by atoms with Crippen LogP contribution < -0.4 is 9.80 Å². The number of aromatic nitrogens is 4. The van der Waals surface area contributed by atoms with Crippen LogP contribution in [0.4, 0.5) is 11.5 Å². The highest BCUT2D eigenvalue weighted by atomic mass is 15.3. The highest BCUT2D eigenvalue weighted by Crippen LogP contribution is 2.24. The molecule has 0 N–H and O–H groups in total. The molecule has 6 heteroatoms. The first-order chi connectivity index (χ1) is 12.6. The van der Waals surface area contributed by atoms with Gasteiger partial charge in [0.1, 0.15) is 23.8 Å². The molecule has 0 spiro atoms. The van der Waals surface area contributed by atoms with Gasteiger partial charge in [-0.2, -0.15) is 0 Å². The number of rotatable bonds is 3. The molecule has 26 heavy (non-hydrogen) atoms. The van der Waals surface area contributed by atoms with Gasteiger partial charge >= 0.3 is 0 Å². The summed E-state index contributed by atoms with van der Waals surface area (Å²) in [6, 6.07) is 8.72. The maximum atomic E-state index is 4.49. The molecule has 3 heterocycles. The van der Waals surface area contributed by atoms with E-state index >= 15 is 0 Å². The van der Waals surface area contributed by atoms with Crippen molar-refractivity contribution in [3.8, 4) is 5.82 Å². The lowest BCUT2D eigenvalue weighted by Gasteiger charge is -2.37. The lowest BCUT2D eigenvalue weighted by atomic mass is 10.1. The summed E-state index contributed by atoms with van der Waals surface area (Å²) in [7, 11) is 0. The molecule has 0 radical (unpaired) electrons. The largest absolute Gasteiger partial charge is 0.368 e. The molecule has 0 amide bonds. The summed E-state index contributed by atoms with van der Waals surface area (Å²) in [5.41, 5.74) is 4.00. The Bertz CT molecular complexity index is 908. The van der Waals surface area contributed by atoms with Crippen molar-refractivity contribution in [1.82, 2.24) is 19.5 Å². The highest BCUT2D eigenvalue weighted by Gasteiger charge is 2.20. The van der Waals surface area contributed by atoms with Crippen molar-refractivity contribution in [2.45, 2.75) is 20.8 Å². The highest BCUT2D eigenvalue weighted by molar-refractivity contribution is 5.56. The fraction of sp³-hybridized carbons (Fsp3) is 0.350. The molecule has 0 aliphatic carbocycles. The Morgan fingerprint density at radius 3 is 2.27 bits per heavy atom. The predicted octanol–water partition coefficient (Wildman–Crippen LogP) is 2.91. The topological polar surface area (TPSA) is 50.1 Å². The van der Waals surface area contributed by atoms with E-state index < -0.39 is 0 Å². The minimum atomic E-state index is 0.863. The van der Waals surface area contributed by atoms with E-state index in [0.717, 1.165) is 43.6 Å². The lowest BCUT2D eigenvalue weighted by Crippen LogP contribution is -2.47. The second-order valence-electron chi connectivity index (χ2n) is 6.84. The van der Waals surface area contributed by atoms with Gasteiger partial charge in [-0.25, -0.2) is 15.0 Å². The first kappa shape index (κ1) is 16.6. The number of benzene rings is 1. The average molecular weight is 348 g/mol. The van der Waals surface area contributed by atoms with Crippen molar-refractivity contribution in [3.63, 3.8) is 0 Å². The monoisotopic (exact) mass is 348 g/mol. The van der Waals surface area contributed by atoms with Gasteiger partial charge in [0, 0.05) is 50.3 Å². The summed E-state index contributed by atoms with van der Waals surface area (Å²) in [6.07, 6.45) is 5.36. The zero-order valence-corrected chi connectivity index (χ0v) is 15.6. The van der Waals surface area contributed by atoms with Crippen LogP contribution in [0.25, 0.3) is 5.82 Å². The minimum absolute atomic E-state index is 0.863. The van der Waals surface area contributed by atoms with Gasteiger partial charge in [0.2, 0.25) is 0 Å². The van der Waals surface area contributed by atoms with Crippen LogP contribution in [0.5, 0.6) is 0 Å². The third-order valence-corrected chi connectivity index (χ3v) is 5.02. The molecule has 0 bridgehead atoms. The fourth-order valence-electron chi connectivity index (χ4n) is 3.50. The van der Waals surface area contributed by atoms with Gasteiger partial charge in [-0.1, -0.05) is 12.1 Å². The molecule has 1 aliphatic heterocycles. The third kappa shape index (κ3) is 3.14. The summed E-state index contributed by atoms with van der Waals surface area (Å²) in [5.74, 6) is 2.76. The number of hydrogen-bond acceptors (Lipinski definition) is 5. The van der Waals surface area contributed by atoms with E-state index in [2.05, 4.69) is 56.8 Å². The number of hydrogen-bond donors (Lipinski definition) is 0. The van der Waals surface area contributed by atoms with Crippen LogP contribution in [0.15, 0.2) is 43.0 Å². The van der Waals surface area contributed by atoms with Gasteiger partial charge in [0.05, 0.1) is 0 Å². The van der Waals surface area contributed by atoms with Gasteiger partial charge in [-0.05, 0) is 38.0 Å². The van der Waals surface area contributed by atoms with Crippen molar-refractivity contribution in [1.29, 1.82) is 0 Å². The lowest BCUT2D eigenvalue weighted by molar-refractivity contribution is 0.645. The Kier molecular flexibility index (Phi) is 4.32. The summed E-state index contributed by atoms with van der Waals surface area (Å²) < 4.78 is 1.98. The molecule has 6 nitrogen and oxygen atoms in total. The van der Waals surface area contributed by atoms with Crippen LogP contribution >= 0.6 is 0 Å². The van der Waals surface area contributed by atoms with Crippen molar-refractivity contribution in [3.05, 3.63) is 59.9 Å². The molecule has 0 saturated carbocycles. The molecule has 0 unspecified atom stereocenters. The molecule has 2 aromatic heterocycles. The van der Waals surface area contributed by atoms with E-state index in [1.54, 1.807) is 12.5 Å². The number of piperazine rings is 1. The number of imidazole rings is 1. The van der Waals surface area contributed by atoms with Gasteiger partial charge in [0.25, 0.3) is 0 Å². The van der Waals surface area contributed by atoms with Gasteiger partial charge in [0.15, 0.2) is 0 Å². The quantitative estimate of drug-likeness (QED) is 0.728. The van der Waals surface area contributed by atoms with Crippen LogP contribution in [0.3, 0.4) is 0 Å². The van der Waals surface area contributed by atoms with E-state index in [1.165, 1.54) is 16.8 Å². The number of aryl methyl sites for hydroxylation is 3. The van der Waals surface area contributed by atoms with E-state index in [1.807, 2.05) is 23.8 Å². The molecule has 1 aliphatic rings. The zero-order chi connectivity index (χ0) is 18.1. The third-order valence-electron chi connectivity index (χ3n) is 5.02. The Morgan fingerprint density at radius 1 is 0.808 bits per heavy atom. The molecule has 4 rings (SSSR count). The first-order valence-corrected chi connectivity index (χ1v) is 9.01. The molecule has 134 valence electrons. The molecular formula is C20H24N6. The molecule has 3 aromatic rings. The SMILES string of the molecule is Cc1ccc(C)c(N2CCN(c3cc(-n4ccnc4C)ncn3)CC2)c1. The van der Waals surface area contributed by atoms with Crippen molar-refractivity contribution in [2.24, 2.45) is 0 Å². The summed E-state index contributed by atoms with van der Waals surface area (Å²) >= 11 is 0. The Morgan fingerprint density at radius 2 is 1.54 bits per heavy atom. The normalized spacial score (nSPS) is 14.7. The van der Waals surface area contributed by atoms with Crippen LogP contribution in [0.1, 0.15) is 17.0 Å². The molecule has 0 atom stereocenters. The van der Waals surface area contributed by atoms with Crippen molar-refractivity contribution >= 4 is 11.5 Å². The van der Waals surface area contributed by atoms with Crippen LogP contribution in [0.2, 0.25) is 0 Å². The van der Waals surface area contributed by atoms with E-state index in [-0.39, 0.29) is 0 Å². The van der Waals surface area contributed by atoms with Crippen LogP contribution in [-0.4, -0.2) is 45.7 Å². The summed E-state index contributed by atoms with van der Waals surface area (Å²) in [5, 5.41) is 0. The van der Waals surface area contributed by atoms with E-state index in [0.29, 0.717) is 0 Å². The molecule has 1 fully saturated rings. The van der Waals surface area contributed by atoms with Crippen LogP contribution in [-0.2, 0) is 0 Å². The Balaban J connectivity index is 1.50. The van der Waals surface area contributed by atoms with Crippen LogP contribution in [0, 0.1) is 20.8 Å². The molecule has 1 aromatic carbocycles. The van der Waals surface area contributed by atoms with E-state index in [4.69, 9.17) is 0 Å². The van der Waals surface area contributed by atoms with Gasteiger partial charge in [-0.3, -0.25) is 4.57 Å². The number of nitrogens with zero attached hydrogens (tertiary/aromatic N) is 6. The fourth-order valence-corrected chi connectivity index (χ4v) is 3.50. The smallest absolute Gasteiger partial charge is 0.143 e. The van der Waals surface area contributed by atoms with Crippen molar-refractivity contribution < 1.29 is 0 Å².